The van der Waals surface area contributed by atoms with Crippen molar-refractivity contribution in [2.45, 2.75) is 24.5 Å². The third-order valence-corrected chi connectivity index (χ3v) is 5.53. The van der Waals surface area contributed by atoms with E-state index in [0.717, 1.165) is 35.6 Å². The number of hydrogen-bond donors (Lipinski definition) is 1. The number of aryl methyl sites for hydroxylation is 1. The lowest BCUT2D eigenvalue weighted by Gasteiger charge is -2.34. The summed E-state index contributed by atoms with van der Waals surface area (Å²) in [6.07, 6.45) is 5.35. The Morgan fingerprint density at radius 2 is 1.54 bits per heavy atom. The fraction of sp³-hybridized carbons (Fsp3) is 0.174. The molecule has 0 radical (unpaired) electrons. The fourth-order valence-electron chi connectivity index (χ4n) is 4.18. The van der Waals surface area contributed by atoms with Gasteiger partial charge in [-0.2, -0.15) is 0 Å². The molecule has 138 valence electrons. The predicted molar refractivity (Wildman–Crippen MR) is 105 cm³/mol. The molecule has 2 aromatic carbocycles. The number of nitrogens with zero attached hydrogens (tertiary/aromatic N) is 4. The van der Waals surface area contributed by atoms with E-state index in [1.807, 2.05) is 85.2 Å². The van der Waals surface area contributed by atoms with Crippen molar-refractivity contribution in [2.75, 3.05) is 0 Å². The highest BCUT2D eigenvalue weighted by atomic mass is 16.3. The van der Waals surface area contributed by atoms with Gasteiger partial charge in [-0.1, -0.05) is 71.4 Å². The van der Waals surface area contributed by atoms with Crippen LogP contribution in [0, 0.1) is 0 Å². The molecule has 5 rings (SSSR count). The SMILES string of the molecule is OC(c1ccccc1)(c1ccccc1)[C@@H]1CCc2nn(-c3ccccn3)c[n+]21. The first-order valence-corrected chi connectivity index (χ1v) is 9.51. The molecule has 4 aromatic rings. The molecule has 0 saturated heterocycles. The number of aromatic nitrogens is 4. The molecule has 2 aromatic heterocycles. The summed E-state index contributed by atoms with van der Waals surface area (Å²) in [7, 11) is 0. The lowest BCUT2D eigenvalue weighted by atomic mass is 9.79. The quantitative estimate of drug-likeness (QED) is 0.563. The van der Waals surface area contributed by atoms with Gasteiger partial charge in [0.1, 0.15) is 11.6 Å². The second kappa shape index (κ2) is 6.69. The van der Waals surface area contributed by atoms with Crippen molar-refractivity contribution < 1.29 is 9.67 Å². The van der Waals surface area contributed by atoms with E-state index in [1.54, 1.807) is 10.9 Å². The maximum absolute atomic E-state index is 12.1. The molecule has 3 heterocycles. The van der Waals surface area contributed by atoms with Gasteiger partial charge in [0.2, 0.25) is 12.1 Å². The van der Waals surface area contributed by atoms with Crippen molar-refractivity contribution in [3.63, 3.8) is 0 Å². The number of aliphatic hydroxyl groups is 1. The Hall–Kier alpha value is -3.31. The molecule has 1 aliphatic heterocycles. The van der Waals surface area contributed by atoms with Crippen LogP contribution in [-0.4, -0.2) is 19.9 Å². The first-order chi connectivity index (χ1) is 13.8. The number of benzene rings is 2. The average molecular weight is 369 g/mol. The van der Waals surface area contributed by atoms with Crippen LogP contribution in [-0.2, 0) is 12.0 Å². The van der Waals surface area contributed by atoms with E-state index in [9.17, 15) is 5.11 Å². The van der Waals surface area contributed by atoms with Crippen LogP contribution < -0.4 is 4.57 Å². The number of fused-ring (bicyclic) bond motifs is 1. The Morgan fingerprint density at radius 1 is 0.893 bits per heavy atom. The largest absolute Gasteiger partial charge is 0.377 e. The number of pyridine rings is 1. The maximum Gasteiger partial charge on any atom is 0.278 e. The van der Waals surface area contributed by atoms with Gasteiger partial charge in [-0.3, -0.25) is 0 Å². The van der Waals surface area contributed by atoms with Crippen LogP contribution in [0.2, 0.25) is 0 Å². The highest BCUT2D eigenvalue weighted by Crippen LogP contribution is 2.41. The number of rotatable bonds is 4. The van der Waals surface area contributed by atoms with E-state index in [2.05, 4.69) is 9.55 Å². The molecular formula is C23H21N4O+. The molecule has 1 atom stereocenters. The standard InChI is InChI=1S/C23H21N4O/c28-23(18-9-3-1-4-10-18,19-11-5-2-6-12-19)20-14-15-22-25-27(17-26(20)22)21-13-7-8-16-24-21/h1-13,16-17,20,28H,14-15H2/q+1/t20-/m0/s1. The zero-order valence-corrected chi connectivity index (χ0v) is 15.4. The molecule has 5 heteroatoms. The summed E-state index contributed by atoms with van der Waals surface area (Å²) in [6, 6.07) is 25.4. The molecular weight excluding hydrogens is 348 g/mol. The first kappa shape index (κ1) is 16.8. The van der Waals surface area contributed by atoms with E-state index in [4.69, 9.17) is 5.10 Å². The Morgan fingerprint density at radius 3 is 2.14 bits per heavy atom. The summed E-state index contributed by atoms with van der Waals surface area (Å²) >= 11 is 0. The molecule has 1 aliphatic rings. The summed E-state index contributed by atoms with van der Waals surface area (Å²) in [5.74, 6) is 1.73. The molecule has 0 amide bonds. The molecule has 1 N–H and O–H groups in total. The smallest absolute Gasteiger partial charge is 0.278 e. The molecule has 0 unspecified atom stereocenters. The zero-order valence-electron chi connectivity index (χ0n) is 15.4. The van der Waals surface area contributed by atoms with Gasteiger partial charge in [-0.05, 0) is 23.6 Å². The van der Waals surface area contributed by atoms with Crippen molar-refractivity contribution in [1.29, 1.82) is 0 Å². The Balaban J connectivity index is 1.64. The highest BCUT2D eigenvalue weighted by Gasteiger charge is 2.48. The van der Waals surface area contributed by atoms with E-state index in [0.29, 0.717) is 0 Å². The van der Waals surface area contributed by atoms with Crippen LogP contribution in [0.3, 0.4) is 0 Å². The molecule has 0 spiro atoms. The Labute approximate surface area is 163 Å². The van der Waals surface area contributed by atoms with Gasteiger partial charge < -0.3 is 5.11 Å². The fourth-order valence-corrected chi connectivity index (χ4v) is 4.18. The monoisotopic (exact) mass is 369 g/mol. The molecule has 28 heavy (non-hydrogen) atoms. The normalized spacial score (nSPS) is 16.1. The van der Waals surface area contributed by atoms with Gasteiger partial charge in [-0.25, -0.2) is 9.55 Å². The maximum atomic E-state index is 12.1. The molecule has 0 saturated carbocycles. The Kier molecular flexibility index (Phi) is 4.02. The molecule has 0 bridgehead atoms. The van der Waals surface area contributed by atoms with Gasteiger partial charge in [-0.15, -0.1) is 0 Å². The minimum atomic E-state index is -1.14. The number of hydrogen-bond acceptors (Lipinski definition) is 3. The van der Waals surface area contributed by atoms with E-state index in [-0.39, 0.29) is 6.04 Å². The van der Waals surface area contributed by atoms with Crippen molar-refractivity contribution in [2.24, 2.45) is 0 Å². The van der Waals surface area contributed by atoms with Gasteiger partial charge in [0.15, 0.2) is 0 Å². The second-order valence-corrected chi connectivity index (χ2v) is 7.12. The van der Waals surface area contributed by atoms with Crippen molar-refractivity contribution >= 4 is 0 Å². The molecule has 0 aliphatic carbocycles. The minimum Gasteiger partial charge on any atom is -0.377 e. The zero-order chi connectivity index (χ0) is 19.0. The van der Waals surface area contributed by atoms with E-state index < -0.39 is 5.60 Å². The van der Waals surface area contributed by atoms with Crippen LogP contribution >= 0.6 is 0 Å². The van der Waals surface area contributed by atoms with Crippen LogP contribution in [0.4, 0.5) is 0 Å². The van der Waals surface area contributed by atoms with Crippen LogP contribution in [0.25, 0.3) is 5.82 Å². The van der Waals surface area contributed by atoms with Crippen molar-refractivity contribution in [3.8, 4) is 5.82 Å². The average Bonchev–Trinajstić information content (AvgIpc) is 3.36. The third-order valence-electron chi connectivity index (χ3n) is 5.53. The first-order valence-electron chi connectivity index (χ1n) is 9.51. The summed E-state index contributed by atoms with van der Waals surface area (Å²) in [6.45, 7) is 0. The van der Waals surface area contributed by atoms with Gasteiger partial charge in [0, 0.05) is 23.8 Å². The lowest BCUT2D eigenvalue weighted by Crippen LogP contribution is -2.50. The van der Waals surface area contributed by atoms with Crippen molar-refractivity contribution in [3.05, 3.63) is 108 Å². The van der Waals surface area contributed by atoms with Gasteiger partial charge in [0.05, 0.1) is 0 Å². The Bertz CT molecular complexity index is 1040. The van der Waals surface area contributed by atoms with Gasteiger partial charge >= 0.3 is 0 Å². The summed E-state index contributed by atoms with van der Waals surface area (Å²) in [4.78, 5) is 4.39. The third kappa shape index (κ3) is 2.63. The van der Waals surface area contributed by atoms with Gasteiger partial charge in [0.25, 0.3) is 5.82 Å². The van der Waals surface area contributed by atoms with Crippen LogP contribution in [0.15, 0.2) is 91.4 Å². The summed E-state index contributed by atoms with van der Waals surface area (Å²) in [5.41, 5.74) is 0.630. The van der Waals surface area contributed by atoms with Crippen LogP contribution in [0.5, 0.6) is 0 Å². The van der Waals surface area contributed by atoms with E-state index >= 15 is 0 Å². The summed E-state index contributed by atoms with van der Waals surface area (Å²) in [5, 5.41) is 16.8. The van der Waals surface area contributed by atoms with E-state index in [1.165, 1.54) is 0 Å². The molecule has 5 nitrogen and oxygen atoms in total. The lowest BCUT2D eigenvalue weighted by molar-refractivity contribution is -0.731. The second-order valence-electron chi connectivity index (χ2n) is 7.12. The summed E-state index contributed by atoms with van der Waals surface area (Å²) < 4.78 is 3.90. The highest BCUT2D eigenvalue weighted by molar-refractivity contribution is 5.37. The minimum absolute atomic E-state index is 0.148. The van der Waals surface area contributed by atoms with Crippen LogP contribution in [0.1, 0.15) is 29.4 Å². The topological polar surface area (TPSA) is 54.8 Å². The van der Waals surface area contributed by atoms with Crippen molar-refractivity contribution in [1.82, 2.24) is 14.8 Å². The predicted octanol–water partition coefficient (Wildman–Crippen LogP) is 2.98. The molecule has 0 fully saturated rings.